The van der Waals surface area contributed by atoms with Crippen molar-refractivity contribution in [2.75, 3.05) is 4.90 Å². The first kappa shape index (κ1) is 28.7. The zero-order valence-electron chi connectivity index (χ0n) is 28.4. The van der Waals surface area contributed by atoms with Crippen molar-refractivity contribution < 1.29 is 13.9 Å². The maximum atomic E-state index is 6.98. The molecule has 1 aromatic heterocycles. The molecule has 12 rings (SSSR count). The largest absolute Gasteiger partial charge is 0.458 e. The van der Waals surface area contributed by atoms with E-state index in [9.17, 15) is 0 Å². The van der Waals surface area contributed by atoms with Crippen molar-refractivity contribution in [1.82, 2.24) is 0 Å². The van der Waals surface area contributed by atoms with Gasteiger partial charge in [0.2, 0.25) is 0 Å². The highest BCUT2D eigenvalue weighted by Gasteiger charge is 2.43. The van der Waals surface area contributed by atoms with E-state index in [0.717, 1.165) is 78.4 Å². The number of hydrogen-bond acceptors (Lipinski definition) is 4. The minimum Gasteiger partial charge on any atom is -0.458 e. The summed E-state index contributed by atoms with van der Waals surface area (Å²) in [5.74, 6) is 3.23. The lowest BCUT2D eigenvalue weighted by Gasteiger charge is -2.34. The monoisotopic (exact) mass is 677 g/mol. The van der Waals surface area contributed by atoms with Crippen molar-refractivity contribution in [3.63, 3.8) is 0 Å². The minimum absolute atomic E-state index is 0.113. The minimum atomic E-state index is -0.113. The van der Waals surface area contributed by atoms with Crippen molar-refractivity contribution in [3.8, 4) is 23.0 Å². The summed E-state index contributed by atoms with van der Waals surface area (Å²) in [6, 6.07) is 59.9. The van der Waals surface area contributed by atoms with Crippen LogP contribution in [0.3, 0.4) is 0 Å². The van der Waals surface area contributed by atoms with Gasteiger partial charge in [-0.2, -0.15) is 0 Å². The molecule has 2 aliphatic rings. The standard InChI is InChI=1S/C48H28BNO3/c1-2-15-32(16-3-1)50(39-20-10-14-29-11-4-7-17-34(29)39)33-23-24-37-38-28-43-46-48(47(38)53-42(37)27-33)52-41-26-22-31-13-6-9-19-36(31)45(41)49(46)44-35-18-8-5-12-30(35)21-25-40(44)51-43/h1-28H. The second-order valence-corrected chi connectivity index (χ2v) is 14.0. The summed E-state index contributed by atoms with van der Waals surface area (Å²) in [5.41, 5.74) is 8.00. The van der Waals surface area contributed by atoms with E-state index in [1.54, 1.807) is 0 Å². The lowest BCUT2D eigenvalue weighted by Crippen LogP contribution is -2.57. The molecule has 0 radical (unpaired) electrons. The third kappa shape index (κ3) is 4.07. The number of furan rings is 1. The molecule has 246 valence electrons. The predicted octanol–water partition coefficient (Wildman–Crippen LogP) is 11.2. The van der Waals surface area contributed by atoms with Crippen molar-refractivity contribution in [3.05, 3.63) is 170 Å². The van der Waals surface area contributed by atoms with Gasteiger partial charge in [-0.1, -0.05) is 115 Å². The molecule has 0 aliphatic carbocycles. The Bertz CT molecular complexity index is 3100. The molecule has 0 saturated heterocycles. The highest BCUT2D eigenvalue weighted by molar-refractivity contribution is 7.01. The molecule has 5 heteroatoms. The third-order valence-electron chi connectivity index (χ3n) is 11.1. The Morgan fingerprint density at radius 3 is 1.75 bits per heavy atom. The Labute approximate surface area is 305 Å². The maximum absolute atomic E-state index is 6.98. The molecule has 0 amide bonds. The molecule has 3 heterocycles. The first-order valence-electron chi connectivity index (χ1n) is 18.0. The van der Waals surface area contributed by atoms with E-state index in [4.69, 9.17) is 13.9 Å². The van der Waals surface area contributed by atoms with Crippen LogP contribution in [0.5, 0.6) is 23.0 Å². The number of para-hydroxylation sites is 1. The van der Waals surface area contributed by atoms with Gasteiger partial charge >= 0.3 is 0 Å². The van der Waals surface area contributed by atoms with E-state index in [2.05, 4.69) is 175 Å². The fraction of sp³-hybridized carbons (Fsp3) is 0. The van der Waals surface area contributed by atoms with Crippen molar-refractivity contribution >= 4 is 94.4 Å². The van der Waals surface area contributed by atoms with Gasteiger partial charge in [-0.15, -0.1) is 0 Å². The van der Waals surface area contributed by atoms with Gasteiger partial charge in [0.15, 0.2) is 11.3 Å². The van der Waals surface area contributed by atoms with E-state index in [1.165, 1.54) is 32.3 Å². The maximum Gasteiger partial charge on any atom is 0.262 e. The van der Waals surface area contributed by atoms with Gasteiger partial charge in [0, 0.05) is 39.1 Å². The van der Waals surface area contributed by atoms with Crippen LogP contribution < -0.4 is 30.8 Å². The summed E-state index contributed by atoms with van der Waals surface area (Å²) in [4.78, 5) is 2.31. The Kier molecular flexibility index (Phi) is 5.83. The fourth-order valence-electron chi connectivity index (χ4n) is 8.85. The van der Waals surface area contributed by atoms with Crippen LogP contribution in [0.1, 0.15) is 0 Å². The average Bonchev–Trinajstić information content (AvgIpc) is 3.59. The highest BCUT2D eigenvalue weighted by Crippen LogP contribution is 2.46. The average molecular weight is 678 g/mol. The molecular formula is C48H28BNO3. The van der Waals surface area contributed by atoms with Gasteiger partial charge in [0.1, 0.15) is 22.8 Å². The molecule has 0 bridgehead atoms. The van der Waals surface area contributed by atoms with E-state index in [1.807, 2.05) is 0 Å². The van der Waals surface area contributed by atoms with Crippen molar-refractivity contribution in [1.29, 1.82) is 0 Å². The van der Waals surface area contributed by atoms with E-state index < -0.39 is 0 Å². The summed E-state index contributed by atoms with van der Waals surface area (Å²) in [6.45, 7) is -0.113. The van der Waals surface area contributed by atoms with Crippen LogP contribution >= 0.6 is 0 Å². The smallest absolute Gasteiger partial charge is 0.262 e. The zero-order chi connectivity index (χ0) is 34.6. The molecule has 10 aromatic rings. The molecule has 0 fully saturated rings. The Morgan fingerprint density at radius 2 is 1.02 bits per heavy atom. The number of ether oxygens (including phenoxy) is 2. The van der Waals surface area contributed by atoms with E-state index in [0.29, 0.717) is 0 Å². The first-order chi connectivity index (χ1) is 26.3. The second kappa shape index (κ2) is 10.8. The molecule has 2 aliphatic heterocycles. The van der Waals surface area contributed by atoms with Crippen LogP contribution in [0.2, 0.25) is 0 Å². The Morgan fingerprint density at radius 1 is 0.396 bits per heavy atom. The predicted molar refractivity (Wildman–Crippen MR) is 219 cm³/mol. The molecule has 0 spiro atoms. The summed E-state index contributed by atoms with van der Waals surface area (Å²) >= 11 is 0. The van der Waals surface area contributed by atoms with E-state index >= 15 is 0 Å². The molecule has 0 unspecified atom stereocenters. The zero-order valence-corrected chi connectivity index (χ0v) is 28.4. The highest BCUT2D eigenvalue weighted by atomic mass is 16.5. The van der Waals surface area contributed by atoms with Gasteiger partial charge in [0.25, 0.3) is 6.71 Å². The van der Waals surface area contributed by atoms with Gasteiger partial charge in [-0.3, -0.25) is 0 Å². The second-order valence-electron chi connectivity index (χ2n) is 14.0. The Balaban J connectivity index is 1.12. The van der Waals surface area contributed by atoms with Gasteiger partial charge in [-0.25, -0.2) is 0 Å². The fourth-order valence-corrected chi connectivity index (χ4v) is 8.85. The molecule has 0 saturated carbocycles. The summed E-state index contributed by atoms with van der Waals surface area (Å²) in [7, 11) is 0. The third-order valence-corrected chi connectivity index (χ3v) is 11.1. The van der Waals surface area contributed by atoms with Crippen molar-refractivity contribution in [2.45, 2.75) is 0 Å². The van der Waals surface area contributed by atoms with Crippen LogP contribution in [0.25, 0.3) is 54.3 Å². The normalized spacial score (nSPS) is 12.8. The molecule has 53 heavy (non-hydrogen) atoms. The van der Waals surface area contributed by atoms with E-state index in [-0.39, 0.29) is 6.71 Å². The van der Waals surface area contributed by atoms with Crippen LogP contribution in [0.15, 0.2) is 174 Å². The van der Waals surface area contributed by atoms with Crippen LogP contribution in [-0.4, -0.2) is 6.71 Å². The number of benzene rings is 9. The van der Waals surface area contributed by atoms with Crippen LogP contribution in [0.4, 0.5) is 17.1 Å². The first-order valence-corrected chi connectivity index (χ1v) is 18.0. The van der Waals surface area contributed by atoms with Crippen LogP contribution in [-0.2, 0) is 0 Å². The van der Waals surface area contributed by atoms with Gasteiger partial charge in [-0.05, 0) is 86.4 Å². The van der Waals surface area contributed by atoms with Crippen LogP contribution in [0, 0.1) is 0 Å². The number of anilines is 3. The lowest BCUT2D eigenvalue weighted by molar-refractivity contribution is 0.462. The quantitative estimate of drug-likeness (QED) is 0.174. The number of fused-ring (bicyclic) bond motifs is 13. The summed E-state index contributed by atoms with van der Waals surface area (Å²) in [6.07, 6.45) is 0. The number of hydrogen-bond donors (Lipinski definition) is 0. The van der Waals surface area contributed by atoms with Gasteiger partial charge < -0.3 is 18.8 Å². The lowest BCUT2D eigenvalue weighted by atomic mass is 9.33. The molecule has 0 N–H and O–H groups in total. The van der Waals surface area contributed by atoms with Gasteiger partial charge in [0.05, 0.1) is 5.69 Å². The number of rotatable bonds is 3. The molecular weight excluding hydrogens is 649 g/mol. The molecule has 9 aromatic carbocycles. The number of nitrogens with zero attached hydrogens (tertiary/aromatic N) is 1. The summed E-state index contributed by atoms with van der Waals surface area (Å²) in [5, 5.41) is 9.05. The Hall–Kier alpha value is -6.98. The molecule has 4 nitrogen and oxygen atoms in total. The topological polar surface area (TPSA) is 34.8 Å². The SMILES string of the molecule is c1ccc(N(c2ccc3c(c2)oc2c4c5c(cc23)Oc2ccc3ccccc3c2B5c2c(ccc3ccccc23)O4)c2cccc3ccccc23)cc1. The summed E-state index contributed by atoms with van der Waals surface area (Å²) < 4.78 is 20.8. The van der Waals surface area contributed by atoms with Crippen molar-refractivity contribution in [2.24, 2.45) is 0 Å². The molecule has 0 atom stereocenters.